The van der Waals surface area contributed by atoms with Gasteiger partial charge in [-0.2, -0.15) is 0 Å². The van der Waals surface area contributed by atoms with Crippen LogP contribution in [0, 0.1) is 0 Å². The fourth-order valence-corrected chi connectivity index (χ4v) is 1.88. The molecule has 0 saturated heterocycles. The quantitative estimate of drug-likeness (QED) is 0.696. The van der Waals surface area contributed by atoms with Crippen LogP contribution >= 0.6 is 11.6 Å². The average molecular weight is 302 g/mol. The molecule has 2 N–H and O–H groups in total. The second-order valence-electron chi connectivity index (χ2n) is 4.72. The largest absolute Gasteiger partial charge is 0.389 e. The molecule has 0 fully saturated rings. The van der Waals surface area contributed by atoms with Crippen molar-refractivity contribution >= 4 is 11.6 Å². The Kier molecular flexibility index (Phi) is 8.82. The van der Waals surface area contributed by atoms with E-state index in [1.807, 2.05) is 38.1 Å². The minimum Gasteiger partial charge on any atom is -0.389 e. The van der Waals surface area contributed by atoms with Crippen molar-refractivity contribution in [2.75, 3.05) is 26.3 Å². The zero-order valence-electron chi connectivity index (χ0n) is 12.1. The fraction of sp³-hybridized carbons (Fsp3) is 0.600. The summed E-state index contributed by atoms with van der Waals surface area (Å²) in [6, 6.07) is 7.48. The van der Waals surface area contributed by atoms with Gasteiger partial charge in [-0.05, 0) is 31.5 Å². The Labute approximate surface area is 126 Å². The molecule has 0 amide bonds. The Hall–Kier alpha value is -0.650. The van der Waals surface area contributed by atoms with Crippen LogP contribution in [0.5, 0.6) is 0 Å². The van der Waals surface area contributed by atoms with Crippen LogP contribution in [0.1, 0.15) is 19.4 Å². The number of ether oxygens (including phenoxy) is 2. The number of halogens is 1. The Morgan fingerprint density at radius 2 is 1.95 bits per heavy atom. The minimum absolute atomic E-state index is 0.155. The molecule has 0 bridgehead atoms. The predicted octanol–water partition coefficient (Wildman–Crippen LogP) is 2.23. The van der Waals surface area contributed by atoms with Crippen molar-refractivity contribution in [3.63, 3.8) is 0 Å². The van der Waals surface area contributed by atoms with Crippen LogP contribution in [0.15, 0.2) is 24.3 Å². The topological polar surface area (TPSA) is 50.7 Å². The molecule has 5 heteroatoms. The third-order valence-corrected chi connectivity index (χ3v) is 3.01. The summed E-state index contributed by atoms with van der Waals surface area (Å²) in [6.07, 6.45) is -0.363. The second kappa shape index (κ2) is 10.1. The molecule has 2 unspecified atom stereocenters. The fourth-order valence-electron chi connectivity index (χ4n) is 1.75. The molecule has 20 heavy (non-hydrogen) atoms. The zero-order valence-corrected chi connectivity index (χ0v) is 12.9. The summed E-state index contributed by atoms with van der Waals surface area (Å²) >= 11 is 5.80. The molecule has 0 saturated carbocycles. The van der Waals surface area contributed by atoms with Crippen molar-refractivity contribution in [3.8, 4) is 0 Å². The van der Waals surface area contributed by atoms with Crippen molar-refractivity contribution in [3.05, 3.63) is 34.9 Å². The number of aliphatic hydroxyl groups is 1. The average Bonchev–Trinajstić information content (AvgIpc) is 2.41. The van der Waals surface area contributed by atoms with Gasteiger partial charge in [-0.3, -0.25) is 0 Å². The van der Waals surface area contributed by atoms with Gasteiger partial charge in [-0.25, -0.2) is 0 Å². The van der Waals surface area contributed by atoms with E-state index in [2.05, 4.69) is 5.32 Å². The van der Waals surface area contributed by atoms with Gasteiger partial charge in [-0.1, -0.05) is 23.7 Å². The molecular formula is C15H24ClNO3. The summed E-state index contributed by atoms with van der Waals surface area (Å²) in [4.78, 5) is 0. The molecule has 1 aromatic rings. The Bertz CT molecular complexity index is 359. The highest BCUT2D eigenvalue weighted by molar-refractivity contribution is 6.30. The van der Waals surface area contributed by atoms with Gasteiger partial charge in [0.1, 0.15) is 0 Å². The maximum absolute atomic E-state index is 9.76. The van der Waals surface area contributed by atoms with Crippen LogP contribution in [0.3, 0.4) is 0 Å². The molecule has 0 spiro atoms. The van der Waals surface area contributed by atoms with Crippen molar-refractivity contribution < 1.29 is 14.6 Å². The normalized spacial score (nSPS) is 14.2. The van der Waals surface area contributed by atoms with E-state index < -0.39 is 6.10 Å². The van der Waals surface area contributed by atoms with Gasteiger partial charge in [-0.15, -0.1) is 0 Å². The molecule has 114 valence electrons. The highest BCUT2D eigenvalue weighted by atomic mass is 35.5. The second-order valence-corrected chi connectivity index (χ2v) is 5.16. The highest BCUT2D eigenvalue weighted by Gasteiger charge is 2.06. The summed E-state index contributed by atoms with van der Waals surface area (Å²) in [7, 11) is 0. The number of hydrogen-bond donors (Lipinski definition) is 2. The zero-order chi connectivity index (χ0) is 14.8. The van der Waals surface area contributed by atoms with Crippen molar-refractivity contribution in [1.82, 2.24) is 5.32 Å². The van der Waals surface area contributed by atoms with Gasteiger partial charge in [0.2, 0.25) is 0 Å². The van der Waals surface area contributed by atoms with Gasteiger partial charge >= 0.3 is 0 Å². The van der Waals surface area contributed by atoms with Gasteiger partial charge in [0, 0.05) is 24.7 Å². The first-order valence-corrected chi connectivity index (χ1v) is 7.32. The standard InChI is InChI=1S/C15H24ClNO3/c1-3-20-12(2)8-17-9-15(18)11-19-10-13-4-6-14(16)7-5-13/h4-7,12,15,17-18H,3,8-11H2,1-2H3. The number of rotatable bonds is 10. The van der Waals surface area contributed by atoms with E-state index in [0.717, 1.165) is 12.1 Å². The summed E-state index contributed by atoms with van der Waals surface area (Å²) in [5, 5.41) is 13.6. The van der Waals surface area contributed by atoms with Crippen LogP contribution in [0.4, 0.5) is 0 Å². The lowest BCUT2D eigenvalue weighted by atomic mass is 10.2. The minimum atomic E-state index is -0.517. The highest BCUT2D eigenvalue weighted by Crippen LogP contribution is 2.10. The van der Waals surface area contributed by atoms with Gasteiger partial charge in [0.05, 0.1) is 25.4 Å². The number of hydrogen-bond acceptors (Lipinski definition) is 4. The van der Waals surface area contributed by atoms with E-state index >= 15 is 0 Å². The summed E-state index contributed by atoms with van der Waals surface area (Å²) in [6.45, 7) is 6.67. The molecule has 4 nitrogen and oxygen atoms in total. The van der Waals surface area contributed by atoms with Gasteiger partial charge in [0.25, 0.3) is 0 Å². The molecule has 2 atom stereocenters. The van der Waals surface area contributed by atoms with E-state index in [1.54, 1.807) is 0 Å². The predicted molar refractivity (Wildman–Crippen MR) is 81.1 cm³/mol. The molecular weight excluding hydrogens is 278 g/mol. The van der Waals surface area contributed by atoms with Crippen molar-refractivity contribution in [2.24, 2.45) is 0 Å². The maximum atomic E-state index is 9.76. The number of aliphatic hydroxyl groups excluding tert-OH is 1. The first kappa shape index (κ1) is 17.4. The van der Waals surface area contributed by atoms with Crippen molar-refractivity contribution in [2.45, 2.75) is 32.7 Å². The van der Waals surface area contributed by atoms with Gasteiger partial charge in [0.15, 0.2) is 0 Å². The lowest BCUT2D eigenvalue weighted by Gasteiger charge is -2.15. The lowest BCUT2D eigenvalue weighted by molar-refractivity contribution is 0.0249. The first-order chi connectivity index (χ1) is 9.61. The molecule has 1 rings (SSSR count). The van der Waals surface area contributed by atoms with Crippen LogP contribution in [-0.4, -0.2) is 43.6 Å². The van der Waals surface area contributed by atoms with E-state index in [9.17, 15) is 5.11 Å². The molecule has 0 aliphatic rings. The van der Waals surface area contributed by atoms with E-state index in [-0.39, 0.29) is 6.10 Å². The summed E-state index contributed by atoms with van der Waals surface area (Å²) in [5.74, 6) is 0. The first-order valence-electron chi connectivity index (χ1n) is 6.94. The lowest BCUT2D eigenvalue weighted by Crippen LogP contribution is -2.35. The SMILES string of the molecule is CCOC(C)CNCC(O)COCc1ccc(Cl)cc1. The molecule has 0 heterocycles. The molecule has 0 aliphatic carbocycles. The van der Waals surface area contributed by atoms with Gasteiger partial charge < -0.3 is 19.9 Å². The molecule has 1 aromatic carbocycles. The van der Waals surface area contributed by atoms with Crippen LogP contribution < -0.4 is 5.32 Å². The van der Waals surface area contributed by atoms with Crippen LogP contribution in [0.25, 0.3) is 0 Å². The number of benzene rings is 1. The Morgan fingerprint density at radius 3 is 2.60 bits per heavy atom. The smallest absolute Gasteiger partial charge is 0.0897 e. The number of nitrogens with one attached hydrogen (secondary N) is 1. The summed E-state index contributed by atoms with van der Waals surface area (Å²) < 4.78 is 10.8. The molecule has 0 aliphatic heterocycles. The van der Waals surface area contributed by atoms with E-state index in [4.69, 9.17) is 21.1 Å². The van der Waals surface area contributed by atoms with E-state index in [1.165, 1.54) is 0 Å². The molecule has 0 aromatic heterocycles. The van der Waals surface area contributed by atoms with Crippen molar-refractivity contribution in [1.29, 1.82) is 0 Å². The monoisotopic (exact) mass is 301 g/mol. The molecule has 0 radical (unpaired) electrons. The Balaban J connectivity index is 2.08. The third-order valence-electron chi connectivity index (χ3n) is 2.76. The maximum Gasteiger partial charge on any atom is 0.0897 e. The third kappa shape index (κ3) is 7.82. The van der Waals surface area contributed by atoms with Crippen LogP contribution in [-0.2, 0) is 16.1 Å². The van der Waals surface area contributed by atoms with E-state index in [0.29, 0.717) is 31.4 Å². The van der Waals surface area contributed by atoms with Crippen LogP contribution in [0.2, 0.25) is 5.02 Å². The Morgan fingerprint density at radius 1 is 1.25 bits per heavy atom. The summed E-state index contributed by atoms with van der Waals surface area (Å²) in [5.41, 5.74) is 1.04.